The molecule has 2 rings (SSSR count). The fraction of sp³-hybridized carbons (Fsp3) is 0.667. The molecular formula is C12H20N4O. The molecule has 0 bridgehead atoms. The predicted molar refractivity (Wildman–Crippen MR) is 66.2 cm³/mol. The van der Waals surface area contributed by atoms with Crippen molar-refractivity contribution in [2.24, 2.45) is 5.92 Å². The Morgan fingerprint density at radius 2 is 2.24 bits per heavy atom. The van der Waals surface area contributed by atoms with Crippen molar-refractivity contribution in [3.8, 4) is 0 Å². The van der Waals surface area contributed by atoms with Crippen LogP contribution in [0, 0.1) is 5.92 Å². The molecule has 0 saturated heterocycles. The first-order valence-electron chi connectivity index (χ1n) is 6.22. The van der Waals surface area contributed by atoms with Gasteiger partial charge < -0.3 is 11.1 Å². The highest BCUT2D eigenvalue weighted by molar-refractivity contribution is 5.76. The van der Waals surface area contributed by atoms with Crippen LogP contribution in [-0.2, 0) is 11.3 Å². The van der Waals surface area contributed by atoms with Crippen molar-refractivity contribution in [1.82, 2.24) is 15.1 Å². The van der Waals surface area contributed by atoms with Crippen molar-refractivity contribution >= 4 is 11.7 Å². The molecule has 0 spiro atoms. The molecule has 1 saturated carbocycles. The lowest BCUT2D eigenvalue weighted by Gasteiger charge is -2.26. The van der Waals surface area contributed by atoms with Crippen molar-refractivity contribution in [3.05, 3.63) is 12.3 Å². The predicted octanol–water partition coefficient (Wildman–Crippen LogP) is 1.16. The van der Waals surface area contributed by atoms with E-state index in [0.717, 1.165) is 18.8 Å². The van der Waals surface area contributed by atoms with E-state index in [-0.39, 0.29) is 12.5 Å². The second-order valence-electron chi connectivity index (χ2n) is 4.96. The lowest BCUT2D eigenvalue weighted by molar-refractivity contribution is -0.122. The monoisotopic (exact) mass is 236 g/mol. The lowest BCUT2D eigenvalue weighted by atomic mass is 9.87. The van der Waals surface area contributed by atoms with Crippen molar-refractivity contribution < 1.29 is 4.79 Å². The maximum atomic E-state index is 11.8. The van der Waals surface area contributed by atoms with Crippen LogP contribution in [0.5, 0.6) is 0 Å². The number of rotatable bonds is 3. The molecule has 1 aliphatic rings. The molecule has 0 atom stereocenters. The third-order valence-corrected chi connectivity index (χ3v) is 3.35. The van der Waals surface area contributed by atoms with Gasteiger partial charge in [0, 0.05) is 12.2 Å². The Kier molecular flexibility index (Phi) is 3.66. The molecule has 1 aromatic heterocycles. The summed E-state index contributed by atoms with van der Waals surface area (Å²) in [6, 6.07) is 2.03. The normalized spacial score (nSPS) is 24.5. The van der Waals surface area contributed by atoms with Crippen molar-refractivity contribution in [3.63, 3.8) is 0 Å². The minimum atomic E-state index is 0.0210. The smallest absolute Gasteiger partial charge is 0.241 e. The Morgan fingerprint density at radius 1 is 1.53 bits per heavy atom. The van der Waals surface area contributed by atoms with Crippen LogP contribution in [0.2, 0.25) is 0 Å². The standard InChI is InChI=1S/C12H20N4O/c1-9-2-4-10(5-3-9)14-12(17)8-16-7-6-11(13)15-16/h6-7,9-10H,2-5,8H2,1H3,(H2,13,15)(H,14,17). The molecule has 1 fully saturated rings. The van der Waals surface area contributed by atoms with Gasteiger partial charge in [0.15, 0.2) is 0 Å². The van der Waals surface area contributed by atoms with E-state index in [0.29, 0.717) is 11.9 Å². The second kappa shape index (κ2) is 5.21. The van der Waals surface area contributed by atoms with Gasteiger partial charge in [-0.15, -0.1) is 0 Å². The van der Waals surface area contributed by atoms with Gasteiger partial charge in [0.25, 0.3) is 0 Å². The SMILES string of the molecule is CC1CCC(NC(=O)Cn2ccc(N)n2)CC1. The summed E-state index contributed by atoms with van der Waals surface area (Å²) in [6.07, 6.45) is 6.32. The fourth-order valence-electron chi connectivity index (χ4n) is 2.29. The summed E-state index contributed by atoms with van der Waals surface area (Å²) in [6.45, 7) is 2.52. The molecule has 0 unspecified atom stereocenters. The van der Waals surface area contributed by atoms with E-state index >= 15 is 0 Å². The van der Waals surface area contributed by atoms with E-state index in [1.807, 2.05) is 0 Å². The van der Waals surface area contributed by atoms with Gasteiger partial charge in [-0.25, -0.2) is 0 Å². The molecular weight excluding hydrogens is 216 g/mol. The van der Waals surface area contributed by atoms with Crippen LogP contribution in [0.1, 0.15) is 32.6 Å². The Morgan fingerprint density at radius 3 is 2.82 bits per heavy atom. The van der Waals surface area contributed by atoms with Crippen molar-refractivity contribution in [2.45, 2.75) is 45.2 Å². The number of hydrogen-bond acceptors (Lipinski definition) is 3. The second-order valence-corrected chi connectivity index (χ2v) is 4.96. The average molecular weight is 236 g/mol. The van der Waals surface area contributed by atoms with Gasteiger partial charge in [-0.1, -0.05) is 6.92 Å². The molecule has 0 aliphatic heterocycles. The number of nitrogens with one attached hydrogen (secondary N) is 1. The minimum absolute atomic E-state index is 0.0210. The third-order valence-electron chi connectivity index (χ3n) is 3.35. The number of anilines is 1. The molecule has 1 heterocycles. The highest BCUT2D eigenvalue weighted by Gasteiger charge is 2.19. The van der Waals surface area contributed by atoms with E-state index in [1.165, 1.54) is 12.8 Å². The highest BCUT2D eigenvalue weighted by Crippen LogP contribution is 2.23. The maximum Gasteiger partial charge on any atom is 0.241 e. The van der Waals surface area contributed by atoms with Crippen LogP contribution in [0.25, 0.3) is 0 Å². The van der Waals surface area contributed by atoms with Crippen LogP contribution in [0.3, 0.4) is 0 Å². The number of amides is 1. The molecule has 1 aliphatic carbocycles. The molecule has 1 amide bonds. The zero-order chi connectivity index (χ0) is 12.3. The Hall–Kier alpha value is -1.52. The number of nitrogen functional groups attached to an aromatic ring is 1. The van der Waals surface area contributed by atoms with E-state index < -0.39 is 0 Å². The van der Waals surface area contributed by atoms with Gasteiger partial charge in [-0.05, 0) is 37.7 Å². The Bertz CT molecular complexity index is 380. The maximum absolute atomic E-state index is 11.8. The molecule has 1 aromatic rings. The lowest BCUT2D eigenvalue weighted by Crippen LogP contribution is -2.39. The first kappa shape index (κ1) is 12.0. The Labute approximate surface area is 101 Å². The van der Waals surface area contributed by atoms with Crippen LogP contribution >= 0.6 is 0 Å². The summed E-state index contributed by atoms with van der Waals surface area (Å²) >= 11 is 0. The summed E-state index contributed by atoms with van der Waals surface area (Å²) in [5, 5.41) is 7.05. The largest absolute Gasteiger partial charge is 0.382 e. The van der Waals surface area contributed by atoms with E-state index in [4.69, 9.17) is 5.73 Å². The van der Waals surface area contributed by atoms with Crippen molar-refractivity contribution in [2.75, 3.05) is 5.73 Å². The number of hydrogen-bond donors (Lipinski definition) is 2. The highest BCUT2D eigenvalue weighted by atomic mass is 16.2. The quantitative estimate of drug-likeness (QED) is 0.827. The molecule has 0 radical (unpaired) electrons. The summed E-state index contributed by atoms with van der Waals surface area (Å²) in [5.74, 6) is 1.27. The molecule has 5 nitrogen and oxygen atoms in total. The summed E-state index contributed by atoms with van der Waals surface area (Å²) < 4.78 is 1.57. The van der Waals surface area contributed by atoms with Gasteiger partial charge in [0.05, 0.1) is 0 Å². The van der Waals surface area contributed by atoms with E-state index in [1.54, 1.807) is 16.9 Å². The number of aromatic nitrogens is 2. The molecule has 5 heteroatoms. The average Bonchev–Trinajstić information content (AvgIpc) is 2.67. The number of nitrogens with two attached hydrogens (primary N) is 1. The first-order valence-corrected chi connectivity index (χ1v) is 6.22. The number of carbonyl (C=O) groups excluding carboxylic acids is 1. The van der Waals surface area contributed by atoms with Gasteiger partial charge in [0.1, 0.15) is 12.4 Å². The van der Waals surface area contributed by atoms with Gasteiger partial charge in [0.2, 0.25) is 5.91 Å². The molecule has 3 N–H and O–H groups in total. The molecule has 94 valence electrons. The van der Waals surface area contributed by atoms with E-state index in [2.05, 4.69) is 17.3 Å². The number of nitrogens with zero attached hydrogens (tertiary/aromatic N) is 2. The topological polar surface area (TPSA) is 72.9 Å². The van der Waals surface area contributed by atoms with Crippen LogP contribution < -0.4 is 11.1 Å². The summed E-state index contributed by atoms with van der Waals surface area (Å²) in [5.41, 5.74) is 5.49. The van der Waals surface area contributed by atoms with Crippen LogP contribution in [-0.4, -0.2) is 21.7 Å². The van der Waals surface area contributed by atoms with Gasteiger partial charge in [-0.2, -0.15) is 5.10 Å². The first-order chi connectivity index (χ1) is 8.13. The zero-order valence-corrected chi connectivity index (χ0v) is 10.2. The van der Waals surface area contributed by atoms with Crippen LogP contribution in [0.4, 0.5) is 5.82 Å². The fourth-order valence-corrected chi connectivity index (χ4v) is 2.29. The van der Waals surface area contributed by atoms with E-state index in [9.17, 15) is 4.79 Å². The van der Waals surface area contributed by atoms with Crippen molar-refractivity contribution in [1.29, 1.82) is 0 Å². The van der Waals surface area contributed by atoms with Gasteiger partial charge in [-0.3, -0.25) is 9.48 Å². The minimum Gasteiger partial charge on any atom is -0.382 e. The molecule has 0 aromatic carbocycles. The third kappa shape index (κ3) is 3.47. The molecule has 17 heavy (non-hydrogen) atoms. The van der Waals surface area contributed by atoms with Crippen LogP contribution in [0.15, 0.2) is 12.3 Å². The summed E-state index contributed by atoms with van der Waals surface area (Å²) in [4.78, 5) is 11.8. The summed E-state index contributed by atoms with van der Waals surface area (Å²) in [7, 11) is 0. The van der Waals surface area contributed by atoms with Gasteiger partial charge >= 0.3 is 0 Å². The Balaban J connectivity index is 1.77. The zero-order valence-electron chi connectivity index (χ0n) is 10.2. The number of carbonyl (C=O) groups is 1.